The van der Waals surface area contributed by atoms with Crippen LogP contribution in [0.1, 0.15) is 0 Å². The lowest BCUT2D eigenvalue weighted by atomic mass is 9.99. The summed E-state index contributed by atoms with van der Waals surface area (Å²) in [5, 5.41) is 38.4. The maximum atomic E-state index is 9.79. The highest BCUT2D eigenvalue weighted by Crippen LogP contribution is 2.28. The van der Waals surface area contributed by atoms with Gasteiger partial charge in [-0.15, -0.1) is 0 Å². The monoisotopic (exact) mass is 290 g/mol. The molecule has 6 nitrogen and oxygen atoms in total. The number of hydrogen-bond acceptors (Lipinski definition) is 6. The summed E-state index contributed by atoms with van der Waals surface area (Å²) in [6.45, 7) is -0.507. The van der Waals surface area contributed by atoms with Gasteiger partial charge in [0.2, 0.25) is 6.29 Å². The normalized spacial score (nSPS) is 35.1. The number of aliphatic hydroxyl groups excluding tert-OH is 4. The van der Waals surface area contributed by atoms with Crippen molar-refractivity contribution < 1.29 is 29.9 Å². The predicted molar refractivity (Wildman–Crippen MR) is 65.8 cm³/mol. The Morgan fingerprint density at radius 1 is 1.11 bits per heavy atom. The number of aliphatic hydroxyl groups is 4. The van der Waals surface area contributed by atoms with E-state index in [-0.39, 0.29) is 5.75 Å². The molecular formula is C12H15ClO6. The van der Waals surface area contributed by atoms with Crippen molar-refractivity contribution in [3.05, 3.63) is 29.3 Å². The first-order chi connectivity index (χ1) is 9.04. The van der Waals surface area contributed by atoms with E-state index in [1.807, 2.05) is 0 Å². The van der Waals surface area contributed by atoms with Gasteiger partial charge < -0.3 is 29.9 Å². The number of hydrogen-bond donors (Lipinski definition) is 4. The van der Waals surface area contributed by atoms with Crippen LogP contribution >= 0.6 is 11.6 Å². The van der Waals surface area contributed by atoms with E-state index in [9.17, 15) is 15.3 Å². The molecule has 7 heteroatoms. The van der Waals surface area contributed by atoms with Crippen LogP contribution in [0, 0.1) is 0 Å². The molecule has 0 radical (unpaired) electrons. The van der Waals surface area contributed by atoms with Gasteiger partial charge in [-0.05, 0) is 12.1 Å². The summed E-state index contributed by atoms with van der Waals surface area (Å²) in [5.41, 5.74) is 0. The van der Waals surface area contributed by atoms with E-state index in [0.717, 1.165) is 0 Å². The number of ether oxygens (including phenoxy) is 2. The summed E-state index contributed by atoms with van der Waals surface area (Å²) in [6.07, 6.45) is -6.57. The standard InChI is InChI=1S/C12H15ClO6/c13-6-3-1-2-4-7(6)18-12-11(17)10(16)9(15)8(5-14)19-12/h1-4,8-12,14-17H,5H2/t8-,9+,10+,11-,12?/m1/s1. The molecule has 1 unspecified atom stereocenters. The van der Waals surface area contributed by atoms with Gasteiger partial charge in [-0.25, -0.2) is 0 Å². The van der Waals surface area contributed by atoms with Gasteiger partial charge in [0.15, 0.2) is 0 Å². The average molecular weight is 291 g/mol. The SMILES string of the molecule is OC[C@H]1OC(Oc2ccccc2Cl)[C@H](O)[C@@H](O)[C@H]1O. The second kappa shape index (κ2) is 6.04. The van der Waals surface area contributed by atoms with Gasteiger partial charge >= 0.3 is 0 Å². The molecular weight excluding hydrogens is 276 g/mol. The predicted octanol–water partition coefficient (Wildman–Crippen LogP) is -0.481. The summed E-state index contributed by atoms with van der Waals surface area (Å²) in [7, 11) is 0. The van der Waals surface area contributed by atoms with Crippen molar-refractivity contribution in [2.24, 2.45) is 0 Å². The molecule has 0 aliphatic carbocycles. The Bertz CT molecular complexity index is 426. The Balaban J connectivity index is 2.13. The minimum atomic E-state index is -1.47. The highest BCUT2D eigenvalue weighted by atomic mass is 35.5. The van der Waals surface area contributed by atoms with Crippen molar-refractivity contribution in [3.8, 4) is 5.75 Å². The van der Waals surface area contributed by atoms with Crippen LogP contribution in [0.25, 0.3) is 0 Å². The smallest absolute Gasteiger partial charge is 0.229 e. The van der Waals surface area contributed by atoms with Crippen LogP contribution < -0.4 is 4.74 Å². The fraction of sp³-hybridized carbons (Fsp3) is 0.500. The summed E-state index contributed by atoms with van der Waals surface area (Å²) in [6, 6.07) is 6.57. The van der Waals surface area contributed by atoms with Crippen molar-refractivity contribution in [1.29, 1.82) is 0 Å². The first-order valence-electron chi connectivity index (χ1n) is 5.76. The van der Waals surface area contributed by atoms with Crippen LogP contribution in [0.3, 0.4) is 0 Å². The summed E-state index contributed by atoms with van der Waals surface area (Å²) >= 11 is 5.90. The Hall–Kier alpha value is -0.890. The molecule has 1 saturated heterocycles. The van der Waals surface area contributed by atoms with Crippen molar-refractivity contribution in [2.45, 2.75) is 30.7 Å². The van der Waals surface area contributed by atoms with E-state index in [1.165, 1.54) is 0 Å². The summed E-state index contributed by atoms with van der Waals surface area (Å²) in [5.74, 6) is 0.272. The molecule has 19 heavy (non-hydrogen) atoms. The van der Waals surface area contributed by atoms with Crippen LogP contribution in [0.15, 0.2) is 24.3 Å². The van der Waals surface area contributed by atoms with E-state index in [4.69, 9.17) is 26.2 Å². The van der Waals surface area contributed by atoms with Crippen LogP contribution in [0.4, 0.5) is 0 Å². The van der Waals surface area contributed by atoms with Crippen LogP contribution in [0.5, 0.6) is 5.75 Å². The number of halogens is 1. The molecule has 4 N–H and O–H groups in total. The molecule has 1 aliphatic heterocycles. The largest absolute Gasteiger partial charge is 0.460 e. The molecule has 0 amide bonds. The zero-order valence-corrected chi connectivity index (χ0v) is 10.6. The summed E-state index contributed by atoms with van der Waals surface area (Å²) in [4.78, 5) is 0. The minimum absolute atomic E-state index is 0.272. The van der Waals surface area contributed by atoms with Gasteiger partial charge in [0.25, 0.3) is 0 Å². The van der Waals surface area contributed by atoms with E-state index in [2.05, 4.69) is 0 Å². The first-order valence-corrected chi connectivity index (χ1v) is 6.14. The van der Waals surface area contributed by atoms with Crippen molar-refractivity contribution in [2.75, 3.05) is 6.61 Å². The maximum absolute atomic E-state index is 9.79. The number of para-hydroxylation sites is 1. The molecule has 1 aromatic rings. The second-order valence-electron chi connectivity index (χ2n) is 4.25. The van der Waals surface area contributed by atoms with E-state index in [1.54, 1.807) is 24.3 Å². The molecule has 2 rings (SSSR count). The van der Waals surface area contributed by atoms with Gasteiger partial charge in [-0.2, -0.15) is 0 Å². The molecule has 0 aromatic heterocycles. The lowest BCUT2D eigenvalue weighted by Crippen LogP contribution is -2.60. The second-order valence-corrected chi connectivity index (χ2v) is 4.65. The molecule has 1 heterocycles. The van der Waals surface area contributed by atoms with E-state index < -0.39 is 37.3 Å². The minimum Gasteiger partial charge on any atom is -0.460 e. The van der Waals surface area contributed by atoms with E-state index in [0.29, 0.717) is 5.02 Å². The molecule has 1 aliphatic rings. The molecule has 0 bridgehead atoms. The average Bonchev–Trinajstić information content (AvgIpc) is 2.41. The van der Waals surface area contributed by atoms with Crippen LogP contribution in [0.2, 0.25) is 5.02 Å². The molecule has 1 fully saturated rings. The Morgan fingerprint density at radius 3 is 2.42 bits per heavy atom. The zero-order valence-electron chi connectivity index (χ0n) is 9.89. The van der Waals surface area contributed by atoms with Crippen molar-refractivity contribution in [3.63, 3.8) is 0 Å². The van der Waals surface area contributed by atoms with Gasteiger partial charge in [0, 0.05) is 0 Å². The topological polar surface area (TPSA) is 99.4 Å². The van der Waals surface area contributed by atoms with Crippen molar-refractivity contribution >= 4 is 11.6 Å². The fourth-order valence-electron chi connectivity index (χ4n) is 1.83. The van der Waals surface area contributed by atoms with Crippen LogP contribution in [-0.4, -0.2) is 57.7 Å². The zero-order chi connectivity index (χ0) is 14.0. The van der Waals surface area contributed by atoms with Crippen LogP contribution in [-0.2, 0) is 4.74 Å². The molecule has 1 aromatic carbocycles. The molecule has 0 saturated carbocycles. The first kappa shape index (κ1) is 14.5. The van der Waals surface area contributed by atoms with Crippen molar-refractivity contribution in [1.82, 2.24) is 0 Å². The van der Waals surface area contributed by atoms with Gasteiger partial charge in [0.1, 0.15) is 30.2 Å². The van der Waals surface area contributed by atoms with Gasteiger partial charge in [-0.1, -0.05) is 23.7 Å². The fourth-order valence-corrected chi connectivity index (χ4v) is 2.01. The Morgan fingerprint density at radius 2 is 1.79 bits per heavy atom. The third-order valence-electron chi connectivity index (χ3n) is 2.93. The quantitative estimate of drug-likeness (QED) is 0.600. The Labute approximate surface area is 114 Å². The highest BCUT2D eigenvalue weighted by Gasteiger charge is 2.44. The van der Waals surface area contributed by atoms with E-state index >= 15 is 0 Å². The third-order valence-corrected chi connectivity index (χ3v) is 3.24. The molecule has 5 atom stereocenters. The van der Waals surface area contributed by atoms with Gasteiger partial charge in [-0.3, -0.25) is 0 Å². The van der Waals surface area contributed by atoms with Gasteiger partial charge in [0.05, 0.1) is 11.6 Å². The molecule has 106 valence electrons. The summed E-state index contributed by atoms with van der Waals surface area (Å²) < 4.78 is 10.6. The maximum Gasteiger partial charge on any atom is 0.229 e. The Kier molecular flexibility index (Phi) is 4.62. The number of rotatable bonds is 3. The number of benzene rings is 1. The highest BCUT2D eigenvalue weighted by molar-refractivity contribution is 6.32. The lowest BCUT2D eigenvalue weighted by molar-refractivity contribution is -0.277. The lowest BCUT2D eigenvalue weighted by Gasteiger charge is -2.39. The molecule has 0 spiro atoms. The third kappa shape index (κ3) is 3.00.